The van der Waals surface area contributed by atoms with Gasteiger partial charge in [-0.15, -0.1) is 0 Å². The minimum absolute atomic E-state index is 0.0726. The van der Waals surface area contributed by atoms with Crippen molar-refractivity contribution in [2.24, 2.45) is 0 Å². The van der Waals surface area contributed by atoms with Gasteiger partial charge in [0.2, 0.25) is 0 Å². The average Bonchev–Trinajstić information content (AvgIpc) is 2.82. The predicted octanol–water partition coefficient (Wildman–Crippen LogP) is 2.94. The second-order valence-electron chi connectivity index (χ2n) is 4.19. The minimum atomic E-state index is -0.0726. The van der Waals surface area contributed by atoms with E-state index < -0.39 is 0 Å². The van der Waals surface area contributed by atoms with Crippen molar-refractivity contribution < 1.29 is 4.79 Å². The van der Waals surface area contributed by atoms with E-state index in [4.69, 9.17) is 11.6 Å². The molecule has 2 aromatic rings. The Balaban J connectivity index is 1.97. The molecule has 0 fully saturated rings. The molecule has 0 saturated heterocycles. The Morgan fingerprint density at radius 1 is 1.28 bits per heavy atom. The lowest BCUT2D eigenvalue weighted by Crippen LogP contribution is -2.29. The molecule has 1 aliphatic heterocycles. The number of fused-ring (bicyclic) bond motifs is 1. The van der Waals surface area contributed by atoms with Crippen molar-refractivity contribution in [1.29, 1.82) is 0 Å². The number of aromatic nitrogens is 1. The number of carbonyl (C=O) groups is 1. The molecule has 0 radical (unpaired) electrons. The lowest BCUT2D eigenvalue weighted by molar-refractivity contribution is 0.0984. The number of hydrogen-bond donors (Lipinski definition) is 0. The number of benzene rings is 1. The largest absolute Gasteiger partial charge is 0.306 e. The fourth-order valence-corrected chi connectivity index (χ4v) is 2.36. The van der Waals surface area contributed by atoms with Gasteiger partial charge >= 0.3 is 0 Å². The van der Waals surface area contributed by atoms with Crippen molar-refractivity contribution >= 4 is 23.2 Å². The van der Waals surface area contributed by atoms with Crippen LogP contribution in [0.1, 0.15) is 16.1 Å². The highest BCUT2D eigenvalue weighted by Gasteiger charge is 2.26. The fourth-order valence-electron chi connectivity index (χ4n) is 2.19. The summed E-state index contributed by atoms with van der Waals surface area (Å²) in [6.45, 7) is 0.686. The smallest absolute Gasteiger partial charge is 0.276 e. The SMILES string of the molecule is O=C(c1ccccn1)N1CCc2ccc(Cl)cc21. The monoisotopic (exact) mass is 258 g/mol. The molecule has 2 heterocycles. The summed E-state index contributed by atoms with van der Waals surface area (Å²) in [5.74, 6) is -0.0726. The first-order valence-corrected chi connectivity index (χ1v) is 6.15. The molecule has 1 aliphatic rings. The molecule has 0 unspecified atom stereocenters. The molecule has 3 nitrogen and oxygen atoms in total. The molecule has 0 atom stereocenters. The Hall–Kier alpha value is -1.87. The molecule has 0 spiro atoms. The number of pyridine rings is 1. The molecule has 0 aliphatic carbocycles. The molecule has 90 valence electrons. The van der Waals surface area contributed by atoms with E-state index in [1.54, 1.807) is 23.2 Å². The zero-order chi connectivity index (χ0) is 12.5. The Morgan fingerprint density at radius 2 is 2.17 bits per heavy atom. The van der Waals surface area contributed by atoms with Gasteiger partial charge < -0.3 is 4.90 Å². The lowest BCUT2D eigenvalue weighted by Gasteiger charge is -2.16. The van der Waals surface area contributed by atoms with E-state index in [0.717, 1.165) is 17.7 Å². The van der Waals surface area contributed by atoms with Crippen molar-refractivity contribution in [2.45, 2.75) is 6.42 Å². The average molecular weight is 259 g/mol. The van der Waals surface area contributed by atoms with E-state index in [1.807, 2.05) is 24.3 Å². The number of anilines is 1. The van der Waals surface area contributed by atoms with Crippen LogP contribution in [0.3, 0.4) is 0 Å². The normalized spacial score (nSPS) is 13.5. The van der Waals surface area contributed by atoms with Crippen LogP contribution < -0.4 is 4.90 Å². The first-order valence-electron chi connectivity index (χ1n) is 5.77. The first kappa shape index (κ1) is 11.2. The first-order chi connectivity index (χ1) is 8.75. The van der Waals surface area contributed by atoms with Crippen LogP contribution in [0.2, 0.25) is 5.02 Å². The molecule has 1 amide bonds. The Kier molecular flexibility index (Phi) is 2.76. The molecule has 0 saturated carbocycles. The number of carbonyl (C=O) groups excluding carboxylic acids is 1. The van der Waals surface area contributed by atoms with Gasteiger partial charge in [0.15, 0.2) is 0 Å². The third-order valence-corrected chi connectivity index (χ3v) is 3.31. The number of nitrogens with zero attached hydrogens (tertiary/aromatic N) is 2. The minimum Gasteiger partial charge on any atom is -0.306 e. The third-order valence-electron chi connectivity index (χ3n) is 3.07. The number of halogens is 1. The molecular weight excluding hydrogens is 248 g/mol. The number of rotatable bonds is 1. The Morgan fingerprint density at radius 3 is 2.94 bits per heavy atom. The van der Waals surface area contributed by atoms with E-state index in [1.165, 1.54) is 0 Å². The quantitative estimate of drug-likeness (QED) is 0.788. The predicted molar refractivity (Wildman–Crippen MR) is 71.1 cm³/mol. The van der Waals surface area contributed by atoms with E-state index in [2.05, 4.69) is 4.98 Å². The van der Waals surface area contributed by atoms with Gasteiger partial charge in [-0.3, -0.25) is 9.78 Å². The molecule has 1 aromatic carbocycles. The molecule has 4 heteroatoms. The summed E-state index contributed by atoms with van der Waals surface area (Å²) in [6.07, 6.45) is 2.49. The topological polar surface area (TPSA) is 33.2 Å². The van der Waals surface area contributed by atoms with Gasteiger partial charge in [0.1, 0.15) is 5.69 Å². The molecule has 1 aromatic heterocycles. The standard InChI is InChI=1S/C14H11ClN2O/c15-11-5-4-10-6-8-17(13(10)9-11)14(18)12-3-1-2-7-16-12/h1-5,7,9H,6,8H2. The van der Waals surface area contributed by atoms with Crippen molar-refractivity contribution in [3.63, 3.8) is 0 Å². The van der Waals surface area contributed by atoms with E-state index in [9.17, 15) is 4.79 Å². The van der Waals surface area contributed by atoms with E-state index in [0.29, 0.717) is 17.3 Å². The highest BCUT2D eigenvalue weighted by molar-refractivity contribution is 6.31. The maximum atomic E-state index is 12.3. The summed E-state index contributed by atoms with van der Waals surface area (Å²) in [5.41, 5.74) is 2.52. The lowest BCUT2D eigenvalue weighted by atomic mass is 10.2. The summed E-state index contributed by atoms with van der Waals surface area (Å²) in [6, 6.07) is 11.0. The van der Waals surface area contributed by atoms with Gasteiger partial charge in [-0.1, -0.05) is 23.7 Å². The van der Waals surface area contributed by atoms with Crippen LogP contribution in [0.5, 0.6) is 0 Å². The second kappa shape index (κ2) is 4.42. The van der Waals surface area contributed by atoms with Crippen LogP contribution in [-0.2, 0) is 6.42 Å². The zero-order valence-corrected chi connectivity index (χ0v) is 10.4. The van der Waals surface area contributed by atoms with Crippen LogP contribution in [-0.4, -0.2) is 17.4 Å². The number of amides is 1. The zero-order valence-electron chi connectivity index (χ0n) is 9.64. The Labute approximate surface area is 110 Å². The molecular formula is C14H11ClN2O. The Bertz CT molecular complexity index is 598. The van der Waals surface area contributed by atoms with Gasteiger partial charge in [-0.2, -0.15) is 0 Å². The summed E-state index contributed by atoms with van der Waals surface area (Å²) in [5, 5.41) is 0.648. The fraction of sp³-hybridized carbons (Fsp3) is 0.143. The van der Waals surface area contributed by atoms with Gasteiger partial charge in [-0.25, -0.2) is 0 Å². The maximum Gasteiger partial charge on any atom is 0.276 e. The van der Waals surface area contributed by atoms with Crippen LogP contribution in [0.25, 0.3) is 0 Å². The molecule has 18 heavy (non-hydrogen) atoms. The van der Waals surface area contributed by atoms with E-state index in [-0.39, 0.29) is 5.91 Å². The van der Waals surface area contributed by atoms with Crippen molar-refractivity contribution in [3.8, 4) is 0 Å². The van der Waals surface area contributed by atoms with Crippen LogP contribution in [0.4, 0.5) is 5.69 Å². The van der Waals surface area contributed by atoms with Crippen LogP contribution in [0.15, 0.2) is 42.6 Å². The van der Waals surface area contributed by atoms with Crippen molar-refractivity contribution in [1.82, 2.24) is 4.98 Å². The van der Waals surface area contributed by atoms with Gasteiger partial charge in [0, 0.05) is 23.5 Å². The van der Waals surface area contributed by atoms with Gasteiger partial charge in [0.25, 0.3) is 5.91 Å². The van der Waals surface area contributed by atoms with Crippen molar-refractivity contribution in [3.05, 3.63) is 58.9 Å². The second-order valence-corrected chi connectivity index (χ2v) is 4.63. The van der Waals surface area contributed by atoms with Crippen LogP contribution in [0, 0.1) is 0 Å². The summed E-state index contributed by atoms with van der Waals surface area (Å²) in [4.78, 5) is 18.2. The molecule has 0 bridgehead atoms. The molecule has 0 N–H and O–H groups in total. The highest BCUT2D eigenvalue weighted by Crippen LogP contribution is 2.31. The van der Waals surface area contributed by atoms with Gasteiger partial charge in [0.05, 0.1) is 0 Å². The maximum absolute atomic E-state index is 12.3. The highest BCUT2D eigenvalue weighted by atomic mass is 35.5. The third kappa shape index (κ3) is 1.87. The summed E-state index contributed by atoms with van der Waals surface area (Å²) >= 11 is 5.99. The number of hydrogen-bond acceptors (Lipinski definition) is 2. The van der Waals surface area contributed by atoms with Crippen LogP contribution >= 0.6 is 11.6 Å². The summed E-state index contributed by atoms with van der Waals surface area (Å²) < 4.78 is 0. The summed E-state index contributed by atoms with van der Waals surface area (Å²) in [7, 11) is 0. The van der Waals surface area contributed by atoms with E-state index >= 15 is 0 Å². The van der Waals surface area contributed by atoms with Crippen molar-refractivity contribution in [2.75, 3.05) is 11.4 Å². The van der Waals surface area contributed by atoms with Gasteiger partial charge in [-0.05, 0) is 36.2 Å². The molecule has 3 rings (SSSR count).